The number of ether oxygens (including phenoxy) is 4. The molecule has 0 unspecified atom stereocenters. The number of phenolic OH excluding ortho intramolecular Hbond substituents is 1. The van der Waals surface area contributed by atoms with Crippen molar-refractivity contribution >= 4 is 40.9 Å². The van der Waals surface area contributed by atoms with Gasteiger partial charge in [0.15, 0.2) is 17.5 Å². The van der Waals surface area contributed by atoms with Crippen LogP contribution >= 0.6 is 0 Å². The Morgan fingerprint density at radius 2 is 1.51 bits per heavy atom. The molecule has 0 aromatic heterocycles. The van der Waals surface area contributed by atoms with E-state index in [2.05, 4.69) is 10.6 Å². The fourth-order valence-electron chi connectivity index (χ4n) is 5.32. The second kappa shape index (κ2) is 22.1. The van der Waals surface area contributed by atoms with Crippen LogP contribution in [-0.4, -0.2) is 101 Å². The van der Waals surface area contributed by atoms with Crippen LogP contribution in [0.25, 0.3) is 39.5 Å². The molecule has 0 spiro atoms. The van der Waals surface area contributed by atoms with Crippen molar-refractivity contribution in [2.24, 2.45) is 0 Å². The van der Waals surface area contributed by atoms with Gasteiger partial charge in [-0.05, 0) is 53.6 Å². The molecule has 5 rings (SSSR count). The average molecular weight is 755 g/mol. The molecule has 0 saturated carbocycles. The number of phenols is 1. The van der Waals surface area contributed by atoms with E-state index >= 15 is 0 Å². The lowest BCUT2D eigenvalue weighted by Crippen LogP contribution is -2.31. The van der Waals surface area contributed by atoms with Gasteiger partial charge in [-0.25, -0.2) is 0 Å². The molecule has 0 saturated heterocycles. The number of hydrogen-bond donors (Lipinski definition) is 4. The summed E-state index contributed by atoms with van der Waals surface area (Å²) in [4.78, 5) is 60.6. The van der Waals surface area contributed by atoms with Crippen molar-refractivity contribution in [3.05, 3.63) is 112 Å². The standard InChI is InChI=1S/C40H38N2O11.CH4O/c43-17-20-52-30-11-13-34-37(24-30)53-36-23-29(45)10-12-33(36)40(34)32-4-2-1-3-31(32)35(46)25-51-26-39(48)42-16-19-50-22-21-49-18-15-41-38(47)14-7-27-5-8-28(44)9-6-27;1-2/h1-14,17,23-24,44H,15-16,18-22,25-26H2,(H,41,47)(H,42,48);2H,1H3/b14-7+;. The van der Waals surface area contributed by atoms with Crippen LogP contribution in [0.1, 0.15) is 15.9 Å². The third-order valence-corrected chi connectivity index (χ3v) is 7.75. The van der Waals surface area contributed by atoms with E-state index in [0.29, 0.717) is 77.4 Å². The van der Waals surface area contributed by atoms with E-state index in [0.717, 1.165) is 12.7 Å². The van der Waals surface area contributed by atoms with Gasteiger partial charge in [-0.3, -0.25) is 24.0 Å². The summed E-state index contributed by atoms with van der Waals surface area (Å²) in [5.74, 6) is -0.155. The molecule has 0 radical (unpaired) electrons. The molecule has 1 heterocycles. The van der Waals surface area contributed by atoms with E-state index < -0.39 is 5.91 Å². The zero-order valence-electron chi connectivity index (χ0n) is 30.2. The van der Waals surface area contributed by atoms with E-state index in [-0.39, 0.29) is 55.8 Å². The molecule has 3 aromatic carbocycles. The van der Waals surface area contributed by atoms with Gasteiger partial charge in [0.05, 0.1) is 26.4 Å². The minimum Gasteiger partial charge on any atom is -0.508 e. The lowest BCUT2D eigenvalue weighted by molar-refractivity contribution is -0.125. The van der Waals surface area contributed by atoms with E-state index in [1.54, 1.807) is 66.7 Å². The van der Waals surface area contributed by atoms with Crippen molar-refractivity contribution in [2.75, 3.05) is 66.4 Å². The highest BCUT2D eigenvalue weighted by Gasteiger charge is 2.22. The monoisotopic (exact) mass is 754 g/mol. The minimum atomic E-state index is -0.413. The molecule has 3 aromatic rings. The number of rotatable bonds is 20. The lowest BCUT2D eigenvalue weighted by atomic mass is 9.89. The van der Waals surface area contributed by atoms with Crippen LogP contribution in [0.3, 0.4) is 0 Å². The number of amides is 2. The number of benzene rings is 4. The van der Waals surface area contributed by atoms with Gasteiger partial charge in [0.25, 0.3) is 0 Å². The molecule has 4 N–H and O–H groups in total. The minimum absolute atomic E-state index is 0.135. The summed E-state index contributed by atoms with van der Waals surface area (Å²) in [5.41, 5.74) is 3.16. The van der Waals surface area contributed by atoms with Crippen LogP contribution in [-0.2, 0) is 28.6 Å². The molecule has 14 nitrogen and oxygen atoms in total. The van der Waals surface area contributed by atoms with Crippen LogP contribution in [0, 0.1) is 0 Å². The van der Waals surface area contributed by atoms with Crippen molar-refractivity contribution in [3.8, 4) is 33.9 Å². The van der Waals surface area contributed by atoms with Crippen LogP contribution in [0.2, 0.25) is 0 Å². The van der Waals surface area contributed by atoms with Gasteiger partial charge < -0.3 is 44.2 Å². The highest BCUT2D eigenvalue weighted by molar-refractivity contribution is 6.10. The number of aromatic hydroxyl groups is 1. The summed E-state index contributed by atoms with van der Waals surface area (Å²) in [6, 6.07) is 23.0. The predicted molar refractivity (Wildman–Crippen MR) is 204 cm³/mol. The molecule has 0 bridgehead atoms. The number of carbonyl (C=O) groups excluding carboxylic acids is 4. The van der Waals surface area contributed by atoms with Gasteiger partial charge in [-0.1, -0.05) is 36.4 Å². The van der Waals surface area contributed by atoms with Gasteiger partial charge in [-0.15, -0.1) is 0 Å². The summed E-state index contributed by atoms with van der Waals surface area (Å²) in [5, 5.41) is 22.3. The Kier molecular flexibility index (Phi) is 16.7. The van der Waals surface area contributed by atoms with Crippen LogP contribution in [0.5, 0.6) is 11.5 Å². The van der Waals surface area contributed by atoms with Crippen LogP contribution in [0.4, 0.5) is 0 Å². The molecule has 0 atom stereocenters. The number of hydrogen-bond acceptors (Lipinski definition) is 12. The van der Waals surface area contributed by atoms with Crippen LogP contribution in [0.15, 0.2) is 100 Å². The Bertz CT molecular complexity index is 2090. The molecule has 14 heteroatoms. The topological polar surface area (TPSA) is 200 Å². The quantitative estimate of drug-likeness (QED) is 0.0296. The fraction of sp³-hybridized carbons (Fsp3) is 0.244. The van der Waals surface area contributed by atoms with Crippen molar-refractivity contribution in [1.29, 1.82) is 0 Å². The summed E-state index contributed by atoms with van der Waals surface area (Å²) < 4.78 is 27.8. The van der Waals surface area contributed by atoms with Gasteiger partial charge in [0.2, 0.25) is 11.8 Å². The Labute approximate surface area is 316 Å². The maximum absolute atomic E-state index is 13.4. The third kappa shape index (κ3) is 12.7. The molecule has 2 aliphatic rings. The number of fused-ring (bicyclic) bond motifs is 2. The second-order valence-electron chi connectivity index (χ2n) is 11.5. The first kappa shape index (κ1) is 41.6. The fourth-order valence-corrected chi connectivity index (χ4v) is 5.32. The molecular weight excluding hydrogens is 712 g/mol. The van der Waals surface area contributed by atoms with Gasteiger partial charge in [0.1, 0.15) is 42.7 Å². The SMILES string of the molecule is CO.O=CCOc1ccc2c(-c3ccccc3C(=O)COCC(=O)NCCOCCOCCNC(=O)/C=C/c3ccc(O)cc3)c3ccc(=O)cc-3oc2c1. The second-order valence-corrected chi connectivity index (χ2v) is 11.5. The van der Waals surface area contributed by atoms with Gasteiger partial charge >= 0.3 is 0 Å². The van der Waals surface area contributed by atoms with E-state index in [1.165, 1.54) is 30.3 Å². The molecule has 0 fully saturated rings. The highest BCUT2D eigenvalue weighted by Crippen LogP contribution is 2.42. The van der Waals surface area contributed by atoms with Crippen LogP contribution < -0.4 is 20.8 Å². The van der Waals surface area contributed by atoms with Crippen molar-refractivity contribution in [1.82, 2.24) is 10.6 Å². The Morgan fingerprint density at radius 1 is 0.782 bits per heavy atom. The zero-order valence-corrected chi connectivity index (χ0v) is 30.2. The Hall–Kier alpha value is -6.19. The van der Waals surface area contributed by atoms with E-state index in [4.69, 9.17) is 28.5 Å². The number of Topliss-reactive ketones (excluding diaryl/α,β-unsaturated/α-hetero) is 1. The highest BCUT2D eigenvalue weighted by atomic mass is 16.5. The zero-order chi connectivity index (χ0) is 39.4. The Balaban J connectivity index is 0.00000331. The average Bonchev–Trinajstić information content (AvgIpc) is 3.20. The largest absolute Gasteiger partial charge is 0.508 e. The normalized spacial score (nSPS) is 10.9. The van der Waals surface area contributed by atoms with Crippen molar-refractivity contribution in [3.63, 3.8) is 0 Å². The summed E-state index contributed by atoms with van der Waals surface area (Å²) in [6.45, 7) is 0.873. The lowest BCUT2D eigenvalue weighted by Gasteiger charge is -2.18. The number of ketones is 1. The summed E-state index contributed by atoms with van der Waals surface area (Å²) in [6.07, 6.45) is 3.67. The molecular formula is C41H42N2O12. The first-order chi connectivity index (χ1) is 26.8. The number of carbonyl (C=O) groups is 4. The smallest absolute Gasteiger partial charge is 0.246 e. The molecule has 2 amide bonds. The number of aliphatic hydroxyl groups is 1. The summed E-state index contributed by atoms with van der Waals surface area (Å²) >= 11 is 0. The maximum atomic E-state index is 13.4. The predicted octanol–water partition coefficient (Wildman–Crippen LogP) is 3.63. The first-order valence-corrected chi connectivity index (χ1v) is 17.2. The number of nitrogens with one attached hydrogen (secondary N) is 2. The molecule has 1 aliphatic heterocycles. The van der Waals surface area contributed by atoms with Crippen molar-refractivity contribution < 1.29 is 52.8 Å². The third-order valence-electron chi connectivity index (χ3n) is 7.75. The molecule has 288 valence electrons. The Morgan fingerprint density at radius 3 is 2.25 bits per heavy atom. The molecule has 1 aliphatic carbocycles. The maximum Gasteiger partial charge on any atom is 0.246 e. The van der Waals surface area contributed by atoms with Crippen molar-refractivity contribution in [2.45, 2.75) is 0 Å². The summed E-state index contributed by atoms with van der Waals surface area (Å²) in [7, 11) is 1.00. The van der Waals surface area contributed by atoms with E-state index in [9.17, 15) is 29.1 Å². The van der Waals surface area contributed by atoms with Gasteiger partial charge in [-0.2, -0.15) is 0 Å². The first-order valence-electron chi connectivity index (χ1n) is 17.2. The van der Waals surface area contributed by atoms with Gasteiger partial charge in [0, 0.05) is 60.5 Å². The number of aliphatic hydroxyl groups excluding tert-OH is 1. The van der Waals surface area contributed by atoms with E-state index in [1.807, 2.05) is 0 Å². The number of aldehydes is 1. The molecule has 55 heavy (non-hydrogen) atoms.